The van der Waals surface area contributed by atoms with Crippen LogP contribution in [0.4, 0.5) is 0 Å². The summed E-state index contributed by atoms with van der Waals surface area (Å²) in [7, 11) is 0. The van der Waals surface area contributed by atoms with Gasteiger partial charge in [0.2, 0.25) is 0 Å². The highest BCUT2D eigenvalue weighted by molar-refractivity contribution is 6.22. The number of carbonyl (C=O) groups excluding carboxylic acids is 3. The standard InChI is InChI=1S/C31H41NO5/c1-7-21(4)29(33)36-19-15-11-9-8-10-14-18-32-23(6)27(24-16-12-13-17-25(24)32)22(5)28-26(20(2)3)30(34)37-31(28)35/h12-13,16-17,21H,7-11,14-15,18-19H2,1-6H3. The van der Waals surface area contributed by atoms with Crippen LogP contribution in [0.25, 0.3) is 16.5 Å². The number of nitrogens with zero attached hydrogens (tertiary/aromatic N) is 1. The summed E-state index contributed by atoms with van der Waals surface area (Å²) in [5, 5.41) is 1.08. The van der Waals surface area contributed by atoms with Crippen molar-refractivity contribution in [3.63, 3.8) is 0 Å². The molecule has 1 saturated heterocycles. The fraction of sp³-hybridized carbons (Fsp3) is 0.516. The third-order valence-corrected chi connectivity index (χ3v) is 7.36. The van der Waals surface area contributed by atoms with Crippen LogP contribution in [0.1, 0.15) is 90.8 Å². The highest BCUT2D eigenvalue weighted by Crippen LogP contribution is 2.38. The zero-order valence-corrected chi connectivity index (χ0v) is 23.2. The molecule has 2 aromatic rings. The van der Waals surface area contributed by atoms with E-state index in [0.29, 0.717) is 17.8 Å². The van der Waals surface area contributed by atoms with E-state index in [1.807, 2.05) is 46.8 Å². The van der Waals surface area contributed by atoms with Crippen LogP contribution in [-0.2, 0) is 30.4 Å². The van der Waals surface area contributed by atoms with E-state index < -0.39 is 11.9 Å². The molecule has 1 aliphatic rings. The molecule has 0 bridgehead atoms. The van der Waals surface area contributed by atoms with Crippen molar-refractivity contribution in [2.75, 3.05) is 6.61 Å². The average molecular weight is 508 g/mol. The van der Waals surface area contributed by atoms with Gasteiger partial charge < -0.3 is 14.0 Å². The lowest BCUT2D eigenvalue weighted by atomic mass is 9.93. The van der Waals surface area contributed by atoms with E-state index in [1.54, 1.807) is 0 Å². The Kier molecular flexibility index (Phi) is 9.90. The number of unbranched alkanes of at least 4 members (excludes halogenated alkanes) is 5. The monoisotopic (exact) mass is 507 g/mol. The van der Waals surface area contributed by atoms with Crippen molar-refractivity contribution in [2.45, 2.75) is 93.0 Å². The third-order valence-electron chi connectivity index (χ3n) is 7.36. The molecule has 3 rings (SSSR count). The molecule has 0 N–H and O–H groups in total. The van der Waals surface area contributed by atoms with Gasteiger partial charge >= 0.3 is 17.9 Å². The molecule has 0 radical (unpaired) electrons. The maximum Gasteiger partial charge on any atom is 0.347 e. The van der Waals surface area contributed by atoms with Gasteiger partial charge in [0.1, 0.15) is 0 Å². The number of fused-ring (bicyclic) bond motifs is 1. The first-order valence-corrected chi connectivity index (χ1v) is 13.6. The van der Waals surface area contributed by atoms with Gasteiger partial charge in [0.25, 0.3) is 0 Å². The van der Waals surface area contributed by atoms with Gasteiger partial charge in [-0.3, -0.25) is 4.79 Å². The molecule has 1 aliphatic heterocycles. The van der Waals surface area contributed by atoms with Crippen molar-refractivity contribution in [3.8, 4) is 0 Å². The smallest absolute Gasteiger partial charge is 0.347 e. The first-order valence-electron chi connectivity index (χ1n) is 13.6. The van der Waals surface area contributed by atoms with E-state index in [-0.39, 0.29) is 11.9 Å². The molecule has 1 aromatic carbocycles. The molecule has 0 saturated carbocycles. The Labute approximate surface area is 220 Å². The number of hydrogen-bond donors (Lipinski definition) is 0. The summed E-state index contributed by atoms with van der Waals surface area (Å²) in [4.78, 5) is 36.7. The van der Waals surface area contributed by atoms with Crippen LogP contribution < -0.4 is 0 Å². The van der Waals surface area contributed by atoms with E-state index in [9.17, 15) is 14.4 Å². The van der Waals surface area contributed by atoms with Gasteiger partial charge in [0.15, 0.2) is 0 Å². The van der Waals surface area contributed by atoms with Crippen LogP contribution in [0, 0.1) is 12.8 Å². The highest BCUT2D eigenvalue weighted by Gasteiger charge is 2.37. The zero-order chi connectivity index (χ0) is 27.1. The van der Waals surface area contributed by atoms with E-state index in [2.05, 4.69) is 23.6 Å². The molecule has 6 heteroatoms. The molecule has 0 spiro atoms. The molecule has 0 amide bonds. The van der Waals surface area contributed by atoms with Crippen molar-refractivity contribution in [1.82, 2.24) is 4.57 Å². The first-order chi connectivity index (χ1) is 17.7. The fourth-order valence-corrected chi connectivity index (χ4v) is 5.06. The predicted molar refractivity (Wildman–Crippen MR) is 147 cm³/mol. The highest BCUT2D eigenvalue weighted by atomic mass is 16.6. The second kappa shape index (κ2) is 12.9. The van der Waals surface area contributed by atoms with Gasteiger partial charge in [-0.1, -0.05) is 63.3 Å². The summed E-state index contributed by atoms with van der Waals surface area (Å²) in [6.07, 6.45) is 7.25. The SMILES string of the molecule is CCC(C)C(=O)OCCCCCCCCn1c(C)c(C(C)=C2C(=O)OC(=O)C2=C(C)C)c2ccccc21. The number of aromatic nitrogens is 1. The normalized spacial score (nSPS) is 15.8. The summed E-state index contributed by atoms with van der Waals surface area (Å²) in [6, 6.07) is 8.24. The Bertz CT molecular complexity index is 1230. The minimum Gasteiger partial charge on any atom is -0.465 e. The van der Waals surface area contributed by atoms with Gasteiger partial charge in [-0.25, -0.2) is 9.59 Å². The van der Waals surface area contributed by atoms with E-state index in [1.165, 1.54) is 0 Å². The number of ether oxygens (including phenoxy) is 2. The van der Waals surface area contributed by atoms with Gasteiger partial charge in [-0.05, 0) is 58.6 Å². The minimum absolute atomic E-state index is 0.0162. The maximum atomic E-state index is 12.6. The summed E-state index contributed by atoms with van der Waals surface area (Å²) >= 11 is 0. The van der Waals surface area contributed by atoms with Crippen molar-refractivity contribution < 1.29 is 23.9 Å². The van der Waals surface area contributed by atoms with Crippen LogP contribution in [0.15, 0.2) is 41.0 Å². The summed E-state index contributed by atoms with van der Waals surface area (Å²) in [5.74, 6) is -1.23. The third kappa shape index (κ3) is 6.41. The van der Waals surface area contributed by atoms with Crippen molar-refractivity contribution in [3.05, 3.63) is 52.2 Å². The molecule has 1 aromatic heterocycles. The Hall–Kier alpha value is -3.15. The Morgan fingerprint density at radius 1 is 0.946 bits per heavy atom. The molecule has 0 aliphatic carbocycles. The van der Waals surface area contributed by atoms with Crippen LogP contribution in [-0.4, -0.2) is 29.1 Å². The Morgan fingerprint density at radius 2 is 1.57 bits per heavy atom. The van der Waals surface area contributed by atoms with Gasteiger partial charge in [-0.15, -0.1) is 0 Å². The van der Waals surface area contributed by atoms with Gasteiger partial charge in [0, 0.05) is 28.7 Å². The van der Waals surface area contributed by atoms with Crippen molar-refractivity contribution in [2.24, 2.45) is 5.92 Å². The molecule has 1 unspecified atom stereocenters. The molecule has 200 valence electrons. The Balaban J connectivity index is 1.65. The summed E-state index contributed by atoms with van der Waals surface area (Å²) in [5.41, 5.74) is 5.56. The molecule has 1 atom stereocenters. The summed E-state index contributed by atoms with van der Waals surface area (Å²) in [6.45, 7) is 13.0. The molecular weight excluding hydrogens is 466 g/mol. The number of para-hydroxylation sites is 1. The van der Waals surface area contributed by atoms with Gasteiger partial charge in [0.05, 0.1) is 23.7 Å². The lowest BCUT2D eigenvalue weighted by Gasteiger charge is -2.10. The second-order valence-corrected chi connectivity index (χ2v) is 10.3. The number of allylic oxidation sites excluding steroid dienone is 2. The Morgan fingerprint density at radius 3 is 2.24 bits per heavy atom. The molecule has 1 fully saturated rings. The van der Waals surface area contributed by atoms with Crippen LogP contribution in [0.3, 0.4) is 0 Å². The number of aryl methyl sites for hydroxylation is 1. The van der Waals surface area contributed by atoms with Gasteiger partial charge in [-0.2, -0.15) is 0 Å². The molecule has 37 heavy (non-hydrogen) atoms. The quantitative estimate of drug-likeness (QED) is 0.133. The number of cyclic esters (lactones) is 2. The minimum atomic E-state index is -0.565. The van der Waals surface area contributed by atoms with E-state index in [4.69, 9.17) is 9.47 Å². The van der Waals surface area contributed by atoms with Crippen molar-refractivity contribution in [1.29, 1.82) is 0 Å². The maximum absolute atomic E-state index is 12.6. The summed E-state index contributed by atoms with van der Waals surface area (Å²) < 4.78 is 12.6. The topological polar surface area (TPSA) is 74.6 Å². The molecular formula is C31H41NO5. The van der Waals surface area contributed by atoms with Crippen LogP contribution in [0.2, 0.25) is 0 Å². The van der Waals surface area contributed by atoms with E-state index >= 15 is 0 Å². The molecule has 6 nitrogen and oxygen atoms in total. The zero-order valence-electron chi connectivity index (χ0n) is 23.2. The van der Waals surface area contributed by atoms with Crippen molar-refractivity contribution >= 4 is 34.4 Å². The number of rotatable bonds is 12. The van der Waals surface area contributed by atoms with E-state index in [0.717, 1.165) is 84.8 Å². The predicted octanol–water partition coefficient (Wildman–Crippen LogP) is 7.07. The average Bonchev–Trinajstić information content (AvgIpc) is 3.33. The largest absolute Gasteiger partial charge is 0.465 e. The van der Waals surface area contributed by atoms with Crippen LogP contribution >= 0.6 is 0 Å². The number of hydrogen-bond acceptors (Lipinski definition) is 5. The second-order valence-electron chi connectivity index (χ2n) is 10.3. The lowest BCUT2D eigenvalue weighted by molar-refractivity contribution is -0.150. The number of benzene rings is 1. The fourth-order valence-electron chi connectivity index (χ4n) is 5.06. The van der Waals surface area contributed by atoms with Crippen LogP contribution in [0.5, 0.6) is 0 Å². The first kappa shape index (κ1) is 28.4. The molecule has 2 heterocycles. The number of esters is 3. The number of carbonyl (C=O) groups is 3. The lowest BCUT2D eigenvalue weighted by Crippen LogP contribution is -2.14.